The Morgan fingerprint density at radius 1 is 1.29 bits per heavy atom. The molecule has 34 heavy (non-hydrogen) atoms. The van der Waals surface area contributed by atoms with Gasteiger partial charge in [-0.15, -0.1) is 0 Å². The van der Waals surface area contributed by atoms with Crippen molar-refractivity contribution in [2.75, 3.05) is 32.6 Å². The zero-order valence-corrected chi connectivity index (χ0v) is 21.7. The third-order valence-corrected chi connectivity index (χ3v) is 6.44. The monoisotopic (exact) mass is 531 g/mol. The summed E-state index contributed by atoms with van der Waals surface area (Å²) in [5.74, 6) is -0.339. The number of H-pyrrole nitrogens is 1. The van der Waals surface area contributed by atoms with E-state index in [1.54, 1.807) is 6.07 Å². The van der Waals surface area contributed by atoms with E-state index in [1.165, 1.54) is 19.1 Å². The molecule has 0 aliphatic heterocycles. The molecule has 1 aliphatic rings. The van der Waals surface area contributed by atoms with Gasteiger partial charge in [0.25, 0.3) is 11.5 Å². The fraction of sp³-hybridized carbons (Fsp3) is 0.480. The van der Waals surface area contributed by atoms with E-state index in [-0.39, 0.29) is 18.0 Å². The summed E-state index contributed by atoms with van der Waals surface area (Å²) in [7, 11) is 3.95. The van der Waals surface area contributed by atoms with Gasteiger partial charge in [0, 0.05) is 52.3 Å². The first kappa shape index (κ1) is 26.1. The zero-order valence-electron chi connectivity index (χ0n) is 20.1. The van der Waals surface area contributed by atoms with Crippen molar-refractivity contribution >= 4 is 33.7 Å². The molecule has 1 aromatic carbocycles. The number of nitrogens with one attached hydrogen (secondary N) is 4. The summed E-state index contributed by atoms with van der Waals surface area (Å²) in [6.07, 6.45) is 5.75. The van der Waals surface area contributed by atoms with Gasteiger partial charge in [-0.25, -0.2) is 0 Å². The lowest BCUT2D eigenvalue weighted by atomic mass is 10.0. The highest BCUT2D eigenvalue weighted by Gasteiger charge is 2.20. The standard InChI is InChI=1S/C25H34BrN5O3/c1-16-10-17(15-34-9-8-31(2)3)22(25(33)29-16)14-28-24(32)20-11-18(26)12-23(21(20)13-27)30-19-6-4-5-7-19/h10-13,19,27,30H,4-9,14-15H2,1-3H3,(H,28,32)(H,29,33). The van der Waals surface area contributed by atoms with Crippen molar-refractivity contribution in [3.8, 4) is 0 Å². The van der Waals surface area contributed by atoms with Gasteiger partial charge in [-0.3, -0.25) is 9.59 Å². The summed E-state index contributed by atoms with van der Waals surface area (Å²) >= 11 is 3.50. The van der Waals surface area contributed by atoms with Crippen LogP contribution in [0.5, 0.6) is 0 Å². The van der Waals surface area contributed by atoms with E-state index in [0.29, 0.717) is 35.9 Å². The number of likely N-dealkylation sites (N-methyl/N-ethyl adjacent to an activating group) is 1. The number of benzene rings is 1. The van der Waals surface area contributed by atoms with Crippen LogP contribution >= 0.6 is 15.9 Å². The number of halogens is 1. The predicted octanol–water partition coefficient (Wildman–Crippen LogP) is 3.81. The molecule has 8 nitrogen and oxygen atoms in total. The van der Waals surface area contributed by atoms with E-state index < -0.39 is 0 Å². The molecule has 0 unspecified atom stereocenters. The van der Waals surface area contributed by atoms with Crippen LogP contribution in [0.1, 0.15) is 58.4 Å². The van der Waals surface area contributed by atoms with E-state index in [9.17, 15) is 9.59 Å². The van der Waals surface area contributed by atoms with Crippen LogP contribution in [-0.2, 0) is 17.9 Å². The molecule has 2 aromatic rings. The highest BCUT2D eigenvalue weighted by atomic mass is 79.9. The number of aryl methyl sites for hydroxylation is 1. The van der Waals surface area contributed by atoms with Crippen LogP contribution in [-0.4, -0.2) is 55.3 Å². The Labute approximate surface area is 209 Å². The first-order chi connectivity index (χ1) is 16.3. The quantitative estimate of drug-likeness (QED) is 0.260. The van der Waals surface area contributed by atoms with Gasteiger partial charge in [-0.1, -0.05) is 28.8 Å². The van der Waals surface area contributed by atoms with Gasteiger partial charge in [-0.2, -0.15) is 0 Å². The van der Waals surface area contributed by atoms with Crippen LogP contribution in [0.15, 0.2) is 27.5 Å². The lowest BCUT2D eigenvalue weighted by Crippen LogP contribution is -2.29. The van der Waals surface area contributed by atoms with Gasteiger partial charge in [0.1, 0.15) is 0 Å². The molecule has 3 rings (SSSR count). The first-order valence-corrected chi connectivity index (χ1v) is 12.4. The van der Waals surface area contributed by atoms with Crippen molar-refractivity contribution in [1.82, 2.24) is 15.2 Å². The van der Waals surface area contributed by atoms with Crippen LogP contribution in [0.3, 0.4) is 0 Å². The van der Waals surface area contributed by atoms with E-state index >= 15 is 0 Å². The van der Waals surface area contributed by atoms with Gasteiger partial charge < -0.3 is 30.7 Å². The number of hydrogen-bond donors (Lipinski definition) is 4. The number of anilines is 1. The number of carbonyl (C=O) groups is 1. The second-order valence-corrected chi connectivity index (χ2v) is 9.92. The maximum Gasteiger partial charge on any atom is 0.253 e. The minimum atomic E-state index is -0.339. The zero-order chi connectivity index (χ0) is 24.7. The van der Waals surface area contributed by atoms with Crippen molar-refractivity contribution in [3.05, 3.63) is 61.0 Å². The molecule has 4 N–H and O–H groups in total. The predicted molar refractivity (Wildman–Crippen MR) is 139 cm³/mol. The Morgan fingerprint density at radius 2 is 2.03 bits per heavy atom. The van der Waals surface area contributed by atoms with Crippen molar-refractivity contribution in [1.29, 1.82) is 5.41 Å². The molecule has 1 fully saturated rings. The third kappa shape index (κ3) is 7.01. The molecule has 0 saturated heterocycles. The number of aromatic amines is 1. The van der Waals surface area contributed by atoms with E-state index in [2.05, 4.69) is 31.5 Å². The third-order valence-electron chi connectivity index (χ3n) is 5.98. The molecular weight excluding hydrogens is 498 g/mol. The second kappa shape index (κ2) is 12.3. The second-order valence-electron chi connectivity index (χ2n) is 9.01. The molecule has 0 radical (unpaired) electrons. The Bertz CT molecular complexity index is 1080. The topological polar surface area (TPSA) is 110 Å². The minimum Gasteiger partial charge on any atom is -0.382 e. The maximum absolute atomic E-state index is 13.2. The van der Waals surface area contributed by atoms with E-state index in [0.717, 1.165) is 40.8 Å². The van der Waals surface area contributed by atoms with Gasteiger partial charge >= 0.3 is 0 Å². The largest absolute Gasteiger partial charge is 0.382 e. The fourth-order valence-corrected chi connectivity index (χ4v) is 4.63. The van der Waals surface area contributed by atoms with Crippen molar-refractivity contribution < 1.29 is 9.53 Å². The molecular formula is C25H34BrN5O3. The summed E-state index contributed by atoms with van der Waals surface area (Å²) in [5.41, 5.74) is 3.42. The lowest BCUT2D eigenvalue weighted by Gasteiger charge is -2.18. The van der Waals surface area contributed by atoms with Crippen molar-refractivity contribution in [2.24, 2.45) is 0 Å². The lowest BCUT2D eigenvalue weighted by molar-refractivity contribution is 0.0946. The van der Waals surface area contributed by atoms with Gasteiger partial charge in [0.2, 0.25) is 0 Å². The average molecular weight is 532 g/mol. The van der Waals surface area contributed by atoms with Crippen LogP contribution in [0.25, 0.3) is 0 Å². The first-order valence-electron chi connectivity index (χ1n) is 11.6. The molecule has 1 aromatic heterocycles. The molecule has 1 heterocycles. The fourth-order valence-electron chi connectivity index (χ4n) is 4.17. The minimum absolute atomic E-state index is 0.0656. The molecule has 0 spiro atoms. The molecule has 0 bridgehead atoms. The highest BCUT2D eigenvalue weighted by molar-refractivity contribution is 9.10. The molecule has 1 aliphatic carbocycles. The number of pyridine rings is 1. The molecule has 1 saturated carbocycles. The van der Waals surface area contributed by atoms with Crippen LogP contribution in [0.2, 0.25) is 0 Å². The Kier molecular flexibility index (Phi) is 9.44. The van der Waals surface area contributed by atoms with E-state index in [1.807, 2.05) is 38.1 Å². The number of ether oxygens (including phenoxy) is 1. The van der Waals surface area contributed by atoms with Crippen LogP contribution < -0.4 is 16.2 Å². The van der Waals surface area contributed by atoms with Crippen LogP contribution in [0, 0.1) is 12.3 Å². The molecule has 184 valence electrons. The highest BCUT2D eigenvalue weighted by Crippen LogP contribution is 2.29. The average Bonchev–Trinajstić information content (AvgIpc) is 3.28. The molecule has 0 atom stereocenters. The summed E-state index contributed by atoms with van der Waals surface area (Å²) in [6.45, 7) is 3.50. The Hall–Kier alpha value is -2.49. The number of amides is 1. The molecule has 9 heteroatoms. The number of nitrogens with zero attached hydrogens (tertiary/aromatic N) is 1. The summed E-state index contributed by atoms with van der Waals surface area (Å²) < 4.78 is 6.51. The normalized spacial score (nSPS) is 13.9. The Morgan fingerprint density at radius 3 is 2.71 bits per heavy atom. The number of rotatable bonds is 11. The van der Waals surface area contributed by atoms with Gasteiger partial charge in [0.05, 0.1) is 18.8 Å². The number of carbonyl (C=O) groups excluding carboxylic acids is 1. The van der Waals surface area contributed by atoms with E-state index in [4.69, 9.17) is 10.1 Å². The Balaban J connectivity index is 1.77. The van der Waals surface area contributed by atoms with Gasteiger partial charge in [-0.05, 0) is 57.6 Å². The number of hydrogen-bond acceptors (Lipinski definition) is 6. The smallest absolute Gasteiger partial charge is 0.253 e. The van der Waals surface area contributed by atoms with Crippen LogP contribution in [0.4, 0.5) is 5.69 Å². The van der Waals surface area contributed by atoms with Gasteiger partial charge in [0.15, 0.2) is 0 Å². The summed E-state index contributed by atoms with van der Waals surface area (Å²) in [5, 5.41) is 14.3. The summed E-state index contributed by atoms with van der Waals surface area (Å²) in [6, 6.07) is 5.85. The maximum atomic E-state index is 13.2. The van der Waals surface area contributed by atoms with Crippen molar-refractivity contribution in [3.63, 3.8) is 0 Å². The number of aromatic nitrogens is 1. The SMILES string of the molecule is Cc1cc(COCCN(C)C)c(CNC(=O)c2cc(Br)cc(NC3CCCC3)c2C=N)c(=O)[nH]1. The summed E-state index contributed by atoms with van der Waals surface area (Å²) in [4.78, 5) is 30.6. The molecule has 1 amide bonds. The van der Waals surface area contributed by atoms with Crippen molar-refractivity contribution in [2.45, 2.75) is 51.8 Å².